The number of carbonyl (C=O) groups excluding carboxylic acids is 1. The van der Waals surface area contributed by atoms with Gasteiger partial charge in [-0.1, -0.05) is 13.8 Å². The molecule has 6 heteroatoms. The Labute approximate surface area is 129 Å². The SMILES string of the molecule is CCN(CC)CC(C)NC(=O)c1sccc1C=CC(=O)O. The Bertz CT molecular complexity index is 507. The van der Waals surface area contributed by atoms with Gasteiger partial charge in [0.05, 0.1) is 4.88 Å². The van der Waals surface area contributed by atoms with Crippen molar-refractivity contribution in [3.8, 4) is 0 Å². The lowest BCUT2D eigenvalue weighted by Gasteiger charge is -2.23. The van der Waals surface area contributed by atoms with Gasteiger partial charge in [-0.3, -0.25) is 4.79 Å². The maximum atomic E-state index is 12.2. The molecule has 0 radical (unpaired) electrons. The molecule has 1 aromatic heterocycles. The summed E-state index contributed by atoms with van der Waals surface area (Å²) < 4.78 is 0. The van der Waals surface area contributed by atoms with Crippen molar-refractivity contribution < 1.29 is 14.7 Å². The Hall–Kier alpha value is -1.66. The number of rotatable bonds is 8. The molecular weight excluding hydrogens is 288 g/mol. The van der Waals surface area contributed by atoms with Crippen LogP contribution in [0, 0.1) is 0 Å². The molecule has 1 heterocycles. The minimum atomic E-state index is -1.03. The Morgan fingerprint density at radius 2 is 2.10 bits per heavy atom. The lowest BCUT2D eigenvalue weighted by Crippen LogP contribution is -2.41. The summed E-state index contributed by atoms with van der Waals surface area (Å²) in [6.07, 6.45) is 2.49. The molecule has 0 aliphatic carbocycles. The molecule has 0 saturated heterocycles. The topological polar surface area (TPSA) is 69.6 Å². The van der Waals surface area contributed by atoms with Gasteiger partial charge in [-0.15, -0.1) is 11.3 Å². The quantitative estimate of drug-likeness (QED) is 0.723. The van der Waals surface area contributed by atoms with Crippen LogP contribution in [0.4, 0.5) is 0 Å². The standard InChI is InChI=1S/C15H22N2O3S/c1-4-17(5-2)10-11(3)16-15(20)14-12(8-9-21-14)6-7-13(18)19/h6-9,11H,4-5,10H2,1-3H3,(H,16,20)(H,18,19). The third kappa shape index (κ3) is 5.69. The number of hydrogen-bond acceptors (Lipinski definition) is 4. The fraction of sp³-hybridized carbons (Fsp3) is 0.467. The second-order valence-electron chi connectivity index (χ2n) is 4.74. The van der Waals surface area contributed by atoms with E-state index in [1.54, 1.807) is 11.4 Å². The number of thiophene rings is 1. The molecule has 0 aliphatic heterocycles. The van der Waals surface area contributed by atoms with Crippen LogP contribution < -0.4 is 5.32 Å². The molecule has 21 heavy (non-hydrogen) atoms. The summed E-state index contributed by atoms with van der Waals surface area (Å²) in [5.74, 6) is -1.18. The van der Waals surface area contributed by atoms with Crippen molar-refractivity contribution in [3.05, 3.63) is 28.0 Å². The molecule has 1 atom stereocenters. The van der Waals surface area contributed by atoms with Gasteiger partial charge in [0, 0.05) is 18.7 Å². The number of aliphatic carboxylic acids is 1. The number of hydrogen-bond donors (Lipinski definition) is 2. The van der Waals surface area contributed by atoms with Gasteiger partial charge in [0.1, 0.15) is 0 Å². The molecule has 2 N–H and O–H groups in total. The molecule has 0 aliphatic rings. The number of nitrogens with zero attached hydrogens (tertiary/aromatic N) is 1. The van der Waals surface area contributed by atoms with Gasteiger partial charge in [0.15, 0.2) is 0 Å². The van der Waals surface area contributed by atoms with E-state index in [-0.39, 0.29) is 11.9 Å². The first-order chi connectivity index (χ1) is 9.97. The molecule has 116 valence electrons. The number of amides is 1. The lowest BCUT2D eigenvalue weighted by molar-refractivity contribution is -0.131. The highest BCUT2D eigenvalue weighted by Gasteiger charge is 2.15. The average Bonchev–Trinajstić information content (AvgIpc) is 2.90. The van der Waals surface area contributed by atoms with Crippen LogP contribution in [-0.4, -0.2) is 47.6 Å². The first-order valence-electron chi connectivity index (χ1n) is 6.99. The summed E-state index contributed by atoms with van der Waals surface area (Å²) in [6, 6.07) is 1.78. The zero-order valence-electron chi connectivity index (χ0n) is 12.6. The summed E-state index contributed by atoms with van der Waals surface area (Å²) >= 11 is 1.31. The smallest absolute Gasteiger partial charge is 0.328 e. The largest absolute Gasteiger partial charge is 0.478 e. The molecule has 1 unspecified atom stereocenters. The van der Waals surface area contributed by atoms with Crippen molar-refractivity contribution in [2.75, 3.05) is 19.6 Å². The Balaban J connectivity index is 2.68. The first kappa shape index (κ1) is 17.4. The molecule has 5 nitrogen and oxygen atoms in total. The van der Waals surface area contributed by atoms with Crippen LogP contribution in [0.1, 0.15) is 36.0 Å². The summed E-state index contributed by atoms with van der Waals surface area (Å²) in [4.78, 5) is 25.6. The molecule has 1 amide bonds. The monoisotopic (exact) mass is 310 g/mol. The van der Waals surface area contributed by atoms with Gasteiger partial charge in [-0.05, 0) is 43.1 Å². The number of carboxylic acid groups (broad SMARTS) is 1. The van der Waals surface area contributed by atoms with E-state index in [2.05, 4.69) is 24.1 Å². The first-order valence-corrected chi connectivity index (χ1v) is 7.87. The minimum absolute atomic E-state index is 0.0378. The van der Waals surface area contributed by atoms with E-state index in [9.17, 15) is 9.59 Å². The Kier molecular flexibility index (Phi) is 7.11. The normalized spacial score (nSPS) is 12.8. The number of likely N-dealkylation sites (N-methyl/N-ethyl adjacent to an activating group) is 1. The fourth-order valence-electron chi connectivity index (χ4n) is 2.00. The van der Waals surface area contributed by atoms with Crippen LogP contribution in [0.25, 0.3) is 6.08 Å². The van der Waals surface area contributed by atoms with Gasteiger partial charge in [-0.2, -0.15) is 0 Å². The van der Waals surface area contributed by atoms with E-state index >= 15 is 0 Å². The zero-order valence-corrected chi connectivity index (χ0v) is 13.4. The van der Waals surface area contributed by atoms with Crippen molar-refractivity contribution in [2.45, 2.75) is 26.8 Å². The van der Waals surface area contributed by atoms with Crippen LogP contribution in [0.5, 0.6) is 0 Å². The maximum absolute atomic E-state index is 12.2. The number of nitrogens with one attached hydrogen (secondary N) is 1. The van der Waals surface area contributed by atoms with E-state index in [0.29, 0.717) is 10.4 Å². The highest BCUT2D eigenvalue weighted by Crippen LogP contribution is 2.18. The van der Waals surface area contributed by atoms with Crippen LogP contribution in [0.2, 0.25) is 0 Å². The molecule has 0 spiro atoms. The lowest BCUT2D eigenvalue weighted by atomic mass is 10.2. The van der Waals surface area contributed by atoms with E-state index < -0.39 is 5.97 Å². The van der Waals surface area contributed by atoms with Gasteiger partial charge >= 0.3 is 5.97 Å². The van der Waals surface area contributed by atoms with Gasteiger partial charge in [-0.25, -0.2) is 4.79 Å². The van der Waals surface area contributed by atoms with Gasteiger partial charge in [0.25, 0.3) is 5.91 Å². The second kappa shape index (κ2) is 8.59. The third-order valence-corrected chi connectivity index (χ3v) is 4.04. The highest BCUT2D eigenvalue weighted by molar-refractivity contribution is 7.12. The predicted octanol–water partition coefficient (Wildman–Crippen LogP) is 2.31. The number of carbonyl (C=O) groups is 2. The molecule has 1 rings (SSSR count). The van der Waals surface area contributed by atoms with Crippen molar-refractivity contribution in [3.63, 3.8) is 0 Å². The summed E-state index contributed by atoms with van der Waals surface area (Å²) in [6.45, 7) is 8.84. The highest BCUT2D eigenvalue weighted by atomic mass is 32.1. The molecule has 0 bridgehead atoms. The van der Waals surface area contributed by atoms with E-state index in [1.807, 2.05) is 6.92 Å². The maximum Gasteiger partial charge on any atom is 0.328 e. The summed E-state index contributed by atoms with van der Waals surface area (Å²) in [7, 11) is 0. The molecular formula is C15H22N2O3S. The van der Waals surface area contributed by atoms with Crippen molar-refractivity contribution in [1.29, 1.82) is 0 Å². The van der Waals surface area contributed by atoms with E-state index in [0.717, 1.165) is 25.7 Å². The summed E-state index contributed by atoms with van der Waals surface area (Å²) in [5, 5.41) is 13.4. The molecule has 0 fully saturated rings. The molecule has 1 aromatic rings. The Morgan fingerprint density at radius 3 is 2.67 bits per heavy atom. The molecule has 0 aromatic carbocycles. The Morgan fingerprint density at radius 1 is 1.43 bits per heavy atom. The number of carboxylic acids is 1. The van der Waals surface area contributed by atoms with Crippen LogP contribution in [0.15, 0.2) is 17.5 Å². The van der Waals surface area contributed by atoms with Gasteiger partial charge in [0.2, 0.25) is 0 Å². The van der Waals surface area contributed by atoms with Crippen LogP contribution >= 0.6 is 11.3 Å². The average molecular weight is 310 g/mol. The second-order valence-corrected chi connectivity index (χ2v) is 5.65. The zero-order chi connectivity index (χ0) is 15.8. The van der Waals surface area contributed by atoms with Crippen molar-refractivity contribution >= 4 is 29.3 Å². The van der Waals surface area contributed by atoms with Crippen molar-refractivity contribution in [1.82, 2.24) is 10.2 Å². The fourth-order valence-corrected chi connectivity index (χ4v) is 2.79. The van der Waals surface area contributed by atoms with E-state index in [1.165, 1.54) is 17.4 Å². The van der Waals surface area contributed by atoms with E-state index in [4.69, 9.17) is 5.11 Å². The molecule has 0 saturated carbocycles. The van der Waals surface area contributed by atoms with Crippen LogP contribution in [-0.2, 0) is 4.79 Å². The summed E-state index contributed by atoms with van der Waals surface area (Å²) in [5.41, 5.74) is 0.634. The van der Waals surface area contributed by atoms with Gasteiger partial charge < -0.3 is 15.3 Å². The third-order valence-electron chi connectivity index (χ3n) is 3.11. The predicted molar refractivity (Wildman–Crippen MR) is 85.7 cm³/mol. The van der Waals surface area contributed by atoms with Crippen molar-refractivity contribution in [2.24, 2.45) is 0 Å². The minimum Gasteiger partial charge on any atom is -0.478 e. The van der Waals surface area contributed by atoms with Crippen LogP contribution in [0.3, 0.4) is 0 Å².